The molecule has 1 fully saturated rings. The summed E-state index contributed by atoms with van der Waals surface area (Å²) in [6, 6.07) is 8.77. The minimum Gasteiger partial charge on any atom is -0.339 e. The number of alkyl halides is 3. The number of rotatable bonds is 3. The summed E-state index contributed by atoms with van der Waals surface area (Å²) in [6.07, 6.45) is -2.66. The van der Waals surface area contributed by atoms with Crippen molar-refractivity contribution in [1.29, 1.82) is 0 Å². The summed E-state index contributed by atoms with van der Waals surface area (Å²) >= 11 is 5.90. The quantitative estimate of drug-likeness (QED) is 0.806. The number of nitrogens with zero attached hydrogens (tertiary/aromatic N) is 1. The van der Waals surface area contributed by atoms with Gasteiger partial charge in [-0.15, -0.1) is 0 Å². The number of benzene rings is 2. The van der Waals surface area contributed by atoms with Gasteiger partial charge in [0.1, 0.15) is 0 Å². The number of amides is 2. The van der Waals surface area contributed by atoms with E-state index >= 15 is 0 Å². The molecule has 3 rings (SSSR count). The molecule has 0 saturated carbocycles. The third-order valence-electron chi connectivity index (χ3n) is 4.31. The highest BCUT2D eigenvalue weighted by atomic mass is 35.5. The minimum absolute atomic E-state index is 0.0133. The van der Waals surface area contributed by atoms with Crippen LogP contribution >= 0.6 is 11.6 Å². The number of likely N-dealkylation sites (tertiary alicyclic amines) is 1. The van der Waals surface area contributed by atoms with Gasteiger partial charge in [0.2, 0.25) is 0 Å². The Hall–Kier alpha value is -2.54. The van der Waals surface area contributed by atoms with Crippen LogP contribution in [0, 0.1) is 0 Å². The lowest BCUT2D eigenvalue weighted by Gasteiger charge is -2.16. The van der Waals surface area contributed by atoms with E-state index in [0.717, 1.165) is 31.0 Å². The first-order valence-electron chi connectivity index (χ1n) is 8.33. The number of carbonyl (C=O) groups excluding carboxylic acids is 2. The Labute approximate surface area is 158 Å². The first-order valence-corrected chi connectivity index (χ1v) is 8.71. The second kappa shape index (κ2) is 7.60. The fourth-order valence-electron chi connectivity index (χ4n) is 2.89. The van der Waals surface area contributed by atoms with Crippen molar-refractivity contribution in [2.75, 3.05) is 18.4 Å². The second-order valence-corrected chi connectivity index (χ2v) is 6.63. The summed E-state index contributed by atoms with van der Waals surface area (Å²) in [5.41, 5.74) is -0.541. The van der Waals surface area contributed by atoms with Crippen molar-refractivity contribution >= 4 is 29.1 Å². The highest BCUT2D eigenvalue weighted by Crippen LogP contribution is 2.34. The normalized spacial score (nSPS) is 14.3. The third-order valence-corrected chi connectivity index (χ3v) is 4.64. The van der Waals surface area contributed by atoms with Gasteiger partial charge >= 0.3 is 6.18 Å². The summed E-state index contributed by atoms with van der Waals surface area (Å²) < 4.78 is 38.6. The van der Waals surface area contributed by atoms with E-state index in [4.69, 9.17) is 11.6 Å². The Morgan fingerprint density at radius 2 is 1.67 bits per heavy atom. The smallest absolute Gasteiger partial charge is 0.339 e. The van der Waals surface area contributed by atoms with Crippen LogP contribution < -0.4 is 5.32 Å². The highest BCUT2D eigenvalue weighted by molar-refractivity contribution is 6.34. The summed E-state index contributed by atoms with van der Waals surface area (Å²) in [4.78, 5) is 26.6. The molecule has 1 saturated heterocycles. The number of hydrogen-bond donors (Lipinski definition) is 1. The van der Waals surface area contributed by atoms with Crippen molar-refractivity contribution in [3.05, 3.63) is 64.2 Å². The molecule has 2 aromatic carbocycles. The molecule has 27 heavy (non-hydrogen) atoms. The molecule has 2 amide bonds. The van der Waals surface area contributed by atoms with E-state index in [1.807, 2.05) is 0 Å². The molecule has 0 unspecified atom stereocenters. The van der Waals surface area contributed by atoms with Crippen LogP contribution in [0.15, 0.2) is 42.5 Å². The number of hydrogen-bond acceptors (Lipinski definition) is 2. The number of halogens is 4. The molecule has 1 N–H and O–H groups in total. The van der Waals surface area contributed by atoms with E-state index in [-0.39, 0.29) is 22.2 Å². The van der Waals surface area contributed by atoms with Gasteiger partial charge in [-0.3, -0.25) is 9.59 Å². The molecule has 0 bridgehead atoms. The van der Waals surface area contributed by atoms with Crippen molar-refractivity contribution < 1.29 is 22.8 Å². The molecular formula is C19H16ClF3N2O2. The van der Waals surface area contributed by atoms with Crippen LogP contribution in [0.2, 0.25) is 5.02 Å². The van der Waals surface area contributed by atoms with Crippen molar-refractivity contribution in [2.45, 2.75) is 19.0 Å². The van der Waals surface area contributed by atoms with Gasteiger partial charge in [-0.05, 0) is 49.2 Å². The molecule has 1 heterocycles. The van der Waals surface area contributed by atoms with E-state index in [9.17, 15) is 22.8 Å². The Balaban J connectivity index is 1.81. The molecule has 1 aliphatic heterocycles. The number of nitrogens with one attached hydrogen (secondary N) is 1. The first kappa shape index (κ1) is 19.2. The summed E-state index contributed by atoms with van der Waals surface area (Å²) in [6.45, 7) is 1.35. The van der Waals surface area contributed by atoms with E-state index < -0.39 is 17.6 Å². The maximum Gasteiger partial charge on any atom is 0.416 e. The molecular weight excluding hydrogens is 381 g/mol. The van der Waals surface area contributed by atoms with E-state index in [1.165, 1.54) is 12.1 Å². The zero-order valence-electron chi connectivity index (χ0n) is 14.1. The first-order chi connectivity index (χ1) is 12.8. The highest BCUT2D eigenvalue weighted by Gasteiger charge is 2.31. The Kier molecular flexibility index (Phi) is 5.41. The second-order valence-electron chi connectivity index (χ2n) is 6.23. The van der Waals surface area contributed by atoms with Crippen molar-refractivity contribution in [3.8, 4) is 0 Å². The van der Waals surface area contributed by atoms with Crippen LogP contribution in [0.3, 0.4) is 0 Å². The Morgan fingerprint density at radius 3 is 2.33 bits per heavy atom. The summed E-state index contributed by atoms with van der Waals surface area (Å²) in [7, 11) is 0. The average molecular weight is 397 g/mol. The van der Waals surface area contributed by atoms with E-state index in [1.54, 1.807) is 17.0 Å². The lowest BCUT2D eigenvalue weighted by Crippen LogP contribution is -2.27. The van der Waals surface area contributed by atoms with E-state index in [2.05, 4.69) is 5.32 Å². The van der Waals surface area contributed by atoms with Crippen LogP contribution in [0.1, 0.15) is 39.1 Å². The van der Waals surface area contributed by atoms with Crippen molar-refractivity contribution in [3.63, 3.8) is 0 Å². The average Bonchev–Trinajstić information content (AvgIpc) is 3.16. The van der Waals surface area contributed by atoms with Crippen LogP contribution in [-0.4, -0.2) is 29.8 Å². The zero-order valence-corrected chi connectivity index (χ0v) is 14.9. The predicted octanol–water partition coefficient (Wildman–Crippen LogP) is 4.85. The topological polar surface area (TPSA) is 49.4 Å². The molecule has 142 valence electrons. The zero-order chi connectivity index (χ0) is 19.6. The third kappa shape index (κ3) is 4.42. The fourth-order valence-corrected chi connectivity index (χ4v) is 3.05. The van der Waals surface area contributed by atoms with Crippen LogP contribution in [0.25, 0.3) is 0 Å². The summed E-state index contributed by atoms with van der Waals surface area (Å²) in [5.74, 6) is -0.813. The summed E-state index contributed by atoms with van der Waals surface area (Å²) in [5, 5.41) is 2.37. The van der Waals surface area contributed by atoms with Gasteiger partial charge < -0.3 is 10.2 Å². The molecule has 0 aliphatic carbocycles. The number of carbonyl (C=O) groups is 2. The Morgan fingerprint density at radius 1 is 1.00 bits per heavy atom. The largest absolute Gasteiger partial charge is 0.416 e. The van der Waals surface area contributed by atoms with Gasteiger partial charge in [0, 0.05) is 24.2 Å². The monoisotopic (exact) mass is 396 g/mol. The van der Waals surface area contributed by atoms with Crippen molar-refractivity contribution in [2.24, 2.45) is 0 Å². The molecule has 2 aromatic rings. The van der Waals surface area contributed by atoms with Gasteiger partial charge in [-0.1, -0.05) is 17.7 Å². The number of anilines is 1. The maximum absolute atomic E-state index is 12.9. The van der Waals surface area contributed by atoms with Gasteiger partial charge in [-0.2, -0.15) is 13.2 Å². The van der Waals surface area contributed by atoms with E-state index in [0.29, 0.717) is 18.7 Å². The SMILES string of the molecule is O=C(Nc1cc(C(F)(F)F)ccc1Cl)c1cccc(C(=O)N2CCCC2)c1. The van der Waals surface area contributed by atoms with Crippen LogP contribution in [-0.2, 0) is 6.18 Å². The molecule has 0 aromatic heterocycles. The predicted molar refractivity (Wildman–Crippen MR) is 96.0 cm³/mol. The van der Waals surface area contributed by atoms with Gasteiger partial charge in [-0.25, -0.2) is 0 Å². The lowest BCUT2D eigenvalue weighted by molar-refractivity contribution is -0.137. The minimum atomic E-state index is -4.55. The molecule has 0 spiro atoms. The molecule has 4 nitrogen and oxygen atoms in total. The van der Waals surface area contributed by atoms with Crippen molar-refractivity contribution in [1.82, 2.24) is 4.90 Å². The standard InChI is InChI=1S/C19H16ClF3N2O2/c20-15-7-6-14(19(21,22)23)11-16(15)24-17(26)12-4-3-5-13(10-12)18(27)25-8-1-2-9-25/h3-7,10-11H,1-2,8-9H2,(H,24,26). The van der Waals surface area contributed by atoms with Crippen LogP contribution in [0.5, 0.6) is 0 Å². The van der Waals surface area contributed by atoms with Gasteiger partial charge in [0.15, 0.2) is 0 Å². The molecule has 1 aliphatic rings. The Bertz CT molecular complexity index is 877. The van der Waals surface area contributed by atoms with Gasteiger partial charge in [0.05, 0.1) is 16.3 Å². The molecule has 0 radical (unpaired) electrons. The maximum atomic E-state index is 12.9. The lowest BCUT2D eigenvalue weighted by atomic mass is 10.1. The van der Waals surface area contributed by atoms with Gasteiger partial charge in [0.25, 0.3) is 11.8 Å². The molecule has 0 atom stereocenters. The molecule has 8 heteroatoms. The van der Waals surface area contributed by atoms with Crippen LogP contribution in [0.4, 0.5) is 18.9 Å². The fraction of sp³-hybridized carbons (Fsp3) is 0.263.